The quantitative estimate of drug-likeness (QED) is 0.276. The lowest BCUT2D eigenvalue weighted by atomic mass is 10.1. The molecule has 1 aliphatic heterocycles. The first-order valence-electron chi connectivity index (χ1n) is 9.96. The normalized spacial score (nSPS) is 14.8. The number of anilines is 1. The highest BCUT2D eigenvalue weighted by Gasteiger charge is 2.34. The van der Waals surface area contributed by atoms with Crippen molar-refractivity contribution >= 4 is 57.6 Å². The van der Waals surface area contributed by atoms with Gasteiger partial charge in [-0.3, -0.25) is 9.69 Å². The number of aryl methyl sites for hydroxylation is 1. The molecule has 1 aliphatic rings. The van der Waals surface area contributed by atoms with Gasteiger partial charge in [-0.25, -0.2) is 4.39 Å². The molecule has 3 aromatic carbocycles. The zero-order valence-electron chi connectivity index (χ0n) is 17.8. The molecule has 0 saturated carbocycles. The predicted molar refractivity (Wildman–Crippen MR) is 136 cm³/mol. The Kier molecular flexibility index (Phi) is 7.02. The maximum Gasteiger partial charge on any atom is 0.270 e. The monoisotopic (exact) mass is 499 g/mol. The van der Waals surface area contributed by atoms with E-state index in [1.54, 1.807) is 29.2 Å². The third kappa shape index (κ3) is 4.90. The third-order valence-corrected chi connectivity index (χ3v) is 6.73. The van der Waals surface area contributed by atoms with E-state index in [9.17, 15) is 9.18 Å². The lowest BCUT2D eigenvalue weighted by Crippen LogP contribution is -2.28. The average molecular weight is 500 g/mol. The molecule has 4 nitrogen and oxygen atoms in total. The molecule has 0 N–H and O–H groups in total. The Labute approximate surface area is 206 Å². The van der Waals surface area contributed by atoms with E-state index < -0.39 is 5.82 Å². The van der Waals surface area contributed by atoms with Crippen LogP contribution in [0.3, 0.4) is 0 Å². The number of hydrogen-bond acceptors (Lipinski definition) is 5. The fraction of sp³-hybridized carbons (Fsp3) is 0.120. The highest BCUT2D eigenvalue weighted by molar-refractivity contribution is 8.27. The van der Waals surface area contributed by atoms with Crippen molar-refractivity contribution in [2.45, 2.75) is 13.5 Å². The molecule has 0 aliphatic carbocycles. The van der Waals surface area contributed by atoms with Gasteiger partial charge in [0.15, 0.2) is 15.8 Å². The number of carbonyl (C=O) groups is 1. The van der Waals surface area contributed by atoms with E-state index in [4.69, 9.17) is 33.3 Å². The van der Waals surface area contributed by atoms with Gasteiger partial charge in [0.25, 0.3) is 5.91 Å². The van der Waals surface area contributed by atoms with Crippen molar-refractivity contribution in [2.24, 2.45) is 0 Å². The fourth-order valence-corrected chi connectivity index (χ4v) is 4.86. The van der Waals surface area contributed by atoms with Gasteiger partial charge >= 0.3 is 0 Å². The Morgan fingerprint density at radius 1 is 1.12 bits per heavy atom. The van der Waals surface area contributed by atoms with Crippen molar-refractivity contribution in [1.29, 1.82) is 0 Å². The Morgan fingerprint density at radius 3 is 2.64 bits per heavy atom. The van der Waals surface area contributed by atoms with E-state index in [0.29, 0.717) is 20.7 Å². The van der Waals surface area contributed by atoms with Crippen molar-refractivity contribution in [1.82, 2.24) is 0 Å². The van der Waals surface area contributed by atoms with Crippen LogP contribution in [0.2, 0.25) is 5.02 Å². The molecule has 0 aromatic heterocycles. The van der Waals surface area contributed by atoms with Crippen LogP contribution in [0.1, 0.15) is 16.7 Å². The minimum Gasteiger partial charge on any atom is -0.493 e. The Balaban J connectivity index is 1.60. The highest BCUT2D eigenvalue weighted by atomic mass is 35.5. The van der Waals surface area contributed by atoms with Crippen LogP contribution in [0, 0.1) is 12.7 Å². The second kappa shape index (κ2) is 9.95. The maximum atomic E-state index is 14.1. The molecule has 1 fully saturated rings. The Morgan fingerprint density at radius 2 is 1.91 bits per heavy atom. The number of thiocarbonyl (C=S) groups is 1. The number of halogens is 2. The number of methoxy groups -OCH3 is 1. The van der Waals surface area contributed by atoms with Crippen LogP contribution < -0.4 is 14.4 Å². The minimum absolute atomic E-state index is 0.0687. The molecule has 0 atom stereocenters. The first-order chi connectivity index (χ1) is 15.9. The molecule has 1 heterocycles. The second-order valence-electron chi connectivity index (χ2n) is 7.20. The van der Waals surface area contributed by atoms with Crippen molar-refractivity contribution < 1.29 is 18.7 Å². The van der Waals surface area contributed by atoms with E-state index in [2.05, 4.69) is 0 Å². The summed E-state index contributed by atoms with van der Waals surface area (Å²) in [5, 5.41) is 0.282. The van der Waals surface area contributed by atoms with Gasteiger partial charge in [0, 0.05) is 5.56 Å². The molecule has 168 valence electrons. The van der Waals surface area contributed by atoms with Gasteiger partial charge in [-0.05, 0) is 54.5 Å². The van der Waals surface area contributed by atoms with Gasteiger partial charge < -0.3 is 9.47 Å². The van der Waals surface area contributed by atoms with Gasteiger partial charge in [0.05, 0.1) is 22.7 Å². The summed E-state index contributed by atoms with van der Waals surface area (Å²) < 4.78 is 25.8. The predicted octanol–water partition coefficient (Wildman–Crippen LogP) is 6.78. The molecule has 8 heteroatoms. The molecule has 0 radical (unpaired) electrons. The lowest BCUT2D eigenvalue weighted by molar-refractivity contribution is -0.113. The number of hydrogen-bond donors (Lipinski definition) is 0. The summed E-state index contributed by atoms with van der Waals surface area (Å²) in [6.45, 7) is 1.87. The first-order valence-corrected chi connectivity index (χ1v) is 11.6. The molecule has 4 rings (SSSR count). The molecule has 0 spiro atoms. The van der Waals surface area contributed by atoms with Crippen LogP contribution in [-0.4, -0.2) is 17.3 Å². The Bertz CT molecular complexity index is 1260. The number of ether oxygens (including phenoxy) is 2. The van der Waals surface area contributed by atoms with Crippen LogP contribution in [0.5, 0.6) is 11.5 Å². The van der Waals surface area contributed by atoms with Gasteiger partial charge in [0.1, 0.15) is 12.4 Å². The SMILES string of the molecule is COc1ccc(/C=C2/SC(=S)N(c3ccccc3C)C2=O)cc1OCc1c(F)cccc1Cl. The smallest absolute Gasteiger partial charge is 0.270 e. The topological polar surface area (TPSA) is 38.8 Å². The van der Waals surface area contributed by atoms with E-state index >= 15 is 0 Å². The van der Waals surface area contributed by atoms with E-state index in [1.807, 2.05) is 37.3 Å². The number of nitrogens with zero attached hydrogens (tertiary/aromatic N) is 1. The number of rotatable bonds is 6. The largest absolute Gasteiger partial charge is 0.493 e. The fourth-order valence-electron chi connectivity index (χ4n) is 3.36. The molecule has 0 unspecified atom stereocenters. The minimum atomic E-state index is -0.447. The van der Waals surface area contributed by atoms with E-state index in [0.717, 1.165) is 16.8 Å². The summed E-state index contributed by atoms with van der Waals surface area (Å²) >= 11 is 12.8. The van der Waals surface area contributed by atoms with Crippen LogP contribution in [0.15, 0.2) is 65.6 Å². The Hall–Kier alpha value is -2.87. The molecule has 33 heavy (non-hydrogen) atoms. The number of amides is 1. The molecule has 1 saturated heterocycles. The maximum absolute atomic E-state index is 14.1. The van der Waals surface area contributed by atoms with E-state index in [-0.39, 0.29) is 23.1 Å². The zero-order valence-corrected chi connectivity index (χ0v) is 20.2. The van der Waals surface area contributed by atoms with Crippen LogP contribution in [0.4, 0.5) is 10.1 Å². The average Bonchev–Trinajstić information content (AvgIpc) is 3.06. The number of thioether (sulfide) groups is 1. The van der Waals surface area contributed by atoms with Crippen molar-refractivity contribution in [3.05, 3.63) is 93.1 Å². The molecule has 0 bridgehead atoms. The summed E-state index contributed by atoms with van der Waals surface area (Å²) in [6.07, 6.45) is 1.75. The number of carbonyl (C=O) groups excluding carboxylic acids is 1. The van der Waals surface area contributed by atoms with E-state index in [1.165, 1.54) is 31.0 Å². The third-order valence-electron chi connectivity index (χ3n) is 5.07. The standard InChI is InChI=1S/C25H19ClFNO3S2/c1-15-6-3-4-9-20(15)28-24(29)23(33-25(28)32)13-16-10-11-21(30-2)22(12-16)31-14-17-18(26)7-5-8-19(17)27/h3-13H,14H2,1-2H3/b23-13+. The highest BCUT2D eigenvalue weighted by Crippen LogP contribution is 2.38. The number of benzene rings is 3. The molecular weight excluding hydrogens is 481 g/mol. The second-order valence-corrected chi connectivity index (χ2v) is 9.29. The van der Waals surface area contributed by atoms with Crippen LogP contribution in [-0.2, 0) is 11.4 Å². The summed E-state index contributed by atoms with van der Waals surface area (Å²) in [4.78, 5) is 15.1. The zero-order chi connectivity index (χ0) is 23.5. The lowest BCUT2D eigenvalue weighted by Gasteiger charge is -2.16. The first kappa shape index (κ1) is 23.3. The number of para-hydroxylation sites is 1. The van der Waals surface area contributed by atoms with Crippen molar-refractivity contribution in [3.63, 3.8) is 0 Å². The molecule has 1 amide bonds. The molecular formula is C25H19ClFNO3S2. The van der Waals surface area contributed by atoms with Gasteiger partial charge in [-0.1, -0.05) is 65.9 Å². The summed E-state index contributed by atoms with van der Waals surface area (Å²) in [7, 11) is 1.52. The van der Waals surface area contributed by atoms with Gasteiger partial charge in [-0.2, -0.15) is 0 Å². The molecule has 3 aromatic rings. The summed E-state index contributed by atoms with van der Waals surface area (Å²) in [6, 6.07) is 17.3. The van der Waals surface area contributed by atoms with Gasteiger partial charge in [-0.15, -0.1) is 0 Å². The van der Waals surface area contributed by atoms with Crippen molar-refractivity contribution in [2.75, 3.05) is 12.0 Å². The summed E-state index contributed by atoms with van der Waals surface area (Å²) in [5.74, 6) is 0.250. The van der Waals surface area contributed by atoms with Gasteiger partial charge in [0.2, 0.25) is 0 Å². The van der Waals surface area contributed by atoms with Crippen LogP contribution in [0.25, 0.3) is 6.08 Å². The van der Waals surface area contributed by atoms with Crippen LogP contribution >= 0.6 is 35.6 Å². The van der Waals surface area contributed by atoms with Crippen molar-refractivity contribution in [3.8, 4) is 11.5 Å². The summed E-state index contributed by atoms with van der Waals surface area (Å²) in [5.41, 5.74) is 2.70.